The molecule has 3 N–H and O–H groups in total. The molecule has 4 nitrogen and oxygen atoms in total. The molecule has 0 spiro atoms. The molecule has 1 aromatic carbocycles. The van der Waals surface area contributed by atoms with Crippen LogP contribution in [0.25, 0.3) is 0 Å². The van der Waals surface area contributed by atoms with Crippen LogP contribution in [0.3, 0.4) is 0 Å². The molecule has 1 amide bonds. The molecular formula is C13H20N2O2. The first-order valence-electron chi connectivity index (χ1n) is 5.86. The number of nitrogens with one attached hydrogen (secondary N) is 1. The summed E-state index contributed by atoms with van der Waals surface area (Å²) in [5, 5.41) is 0. The minimum atomic E-state index is -0.129. The van der Waals surface area contributed by atoms with E-state index in [1.807, 2.05) is 6.07 Å². The van der Waals surface area contributed by atoms with Crippen LogP contribution in [0, 0.1) is 0 Å². The Morgan fingerprint density at radius 3 is 2.82 bits per heavy atom. The highest BCUT2D eigenvalue weighted by molar-refractivity contribution is 5.75. The molecule has 1 rings (SSSR count). The molecule has 0 saturated heterocycles. The molecule has 0 unspecified atom stereocenters. The van der Waals surface area contributed by atoms with Crippen LogP contribution in [0.5, 0.6) is 5.75 Å². The smallest absolute Gasteiger partial charge is 0.233 e. The van der Waals surface area contributed by atoms with E-state index in [9.17, 15) is 4.79 Å². The SMILES string of the molecule is CCc1ccc(OC)c(CCCC(=O)NN)c1. The first kappa shape index (κ1) is 13.5. The first-order valence-corrected chi connectivity index (χ1v) is 5.86. The van der Waals surface area contributed by atoms with Crippen LogP contribution in [0.4, 0.5) is 0 Å². The number of methoxy groups -OCH3 is 1. The lowest BCUT2D eigenvalue weighted by atomic mass is 10.0. The van der Waals surface area contributed by atoms with E-state index in [-0.39, 0.29) is 5.91 Å². The molecule has 0 aliphatic carbocycles. The van der Waals surface area contributed by atoms with E-state index in [2.05, 4.69) is 24.5 Å². The van der Waals surface area contributed by atoms with Crippen LogP contribution >= 0.6 is 0 Å². The Balaban J connectivity index is 2.64. The Morgan fingerprint density at radius 2 is 2.24 bits per heavy atom. The minimum Gasteiger partial charge on any atom is -0.496 e. The second kappa shape index (κ2) is 6.91. The van der Waals surface area contributed by atoms with Gasteiger partial charge in [-0.3, -0.25) is 10.2 Å². The molecule has 0 aliphatic heterocycles. The van der Waals surface area contributed by atoms with Crippen molar-refractivity contribution in [3.05, 3.63) is 29.3 Å². The predicted octanol–water partition coefficient (Wildman–Crippen LogP) is 1.57. The van der Waals surface area contributed by atoms with E-state index in [0.29, 0.717) is 6.42 Å². The molecule has 4 heteroatoms. The van der Waals surface area contributed by atoms with E-state index in [1.54, 1.807) is 7.11 Å². The van der Waals surface area contributed by atoms with Crippen molar-refractivity contribution in [3.8, 4) is 5.75 Å². The van der Waals surface area contributed by atoms with Gasteiger partial charge in [0.2, 0.25) is 5.91 Å². The molecule has 0 fully saturated rings. The van der Waals surface area contributed by atoms with Crippen molar-refractivity contribution in [2.24, 2.45) is 5.84 Å². The molecule has 0 saturated carbocycles. The van der Waals surface area contributed by atoms with E-state index < -0.39 is 0 Å². The zero-order valence-electron chi connectivity index (χ0n) is 10.5. The van der Waals surface area contributed by atoms with Crippen molar-refractivity contribution in [3.63, 3.8) is 0 Å². The standard InChI is InChI=1S/C13H20N2O2/c1-3-10-7-8-12(17-2)11(9-10)5-4-6-13(16)15-14/h7-9H,3-6,14H2,1-2H3,(H,15,16). The first-order chi connectivity index (χ1) is 8.21. The summed E-state index contributed by atoms with van der Waals surface area (Å²) in [6.45, 7) is 2.12. The number of carbonyl (C=O) groups is 1. The third kappa shape index (κ3) is 4.07. The molecule has 94 valence electrons. The number of hydrazine groups is 1. The highest BCUT2D eigenvalue weighted by atomic mass is 16.5. The summed E-state index contributed by atoms with van der Waals surface area (Å²) < 4.78 is 5.30. The van der Waals surface area contributed by atoms with Crippen molar-refractivity contribution >= 4 is 5.91 Å². The van der Waals surface area contributed by atoms with Gasteiger partial charge in [0.25, 0.3) is 0 Å². The zero-order chi connectivity index (χ0) is 12.7. The summed E-state index contributed by atoms with van der Waals surface area (Å²) in [5.41, 5.74) is 4.56. The third-order valence-electron chi connectivity index (χ3n) is 2.76. The lowest BCUT2D eigenvalue weighted by molar-refractivity contribution is -0.121. The van der Waals surface area contributed by atoms with Crippen molar-refractivity contribution in [1.29, 1.82) is 0 Å². The quantitative estimate of drug-likeness (QED) is 0.447. The number of ether oxygens (including phenoxy) is 1. The Hall–Kier alpha value is -1.55. The fraction of sp³-hybridized carbons (Fsp3) is 0.462. The Labute approximate surface area is 102 Å². The Morgan fingerprint density at radius 1 is 1.47 bits per heavy atom. The highest BCUT2D eigenvalue weighted by Gasteiger charge is 2.05. The highest BCUT2D eigenvalue weighted by Crippen LogP contribution is 2.22. The number of rotatable bonds is 6. The van der Waals surface area contributed by atoms with Crippen LogP contribution in [0.15, 0.2) is 18.2 Å². The molecule has 0 radical (unpaired) electrons. The molecule has 1 aromatic rings. The average Bonchev–Trinajstić information content (AvgIpc) is 2.38. The van der Waals surface area contributed by atoms with Gasteiger partial charge in [-0.05, 0) is 36.5 Å². The number of nitrogens with two attached hydrogens (primary N) is 1. The van der Waals surface area contributed by atoms with Gasteiger partial charge in [-0.15, -0.1) is 0 Å². The number of hydrogen-bond donors (Lipinski definition) is 2. The maximum Gasteiger partial charge on any atom is 0.233 e. The van der Waals surface area contributed by atoms with Crippen molar-refractivity contribution in [2.75, 3.05) is 7.11 Å². The normalized spacial score (nSPS) is 10.1. The lowest BCUT2D eigenvalue weighted by Gasteiger charge is -2.10. The second-order valence-corrected chi connectivity index (χ2v) is 3.92. The van der Waals surface area contributed by atoms with Gasteiger partial charge < -0.3 is 4.74 Å². The predicted molar refractivity (Wildman–Crippen MR) is 67.6 cm³/mol. The Bertz CT molecular complexity index is 378. The fourth-order valence-electron chi connectivity index (χ4n) is 1.76. The maximum atomic E-state index is 11.0. The van der Waals surface area contributed by atoms with Gasteiger partial charge in [0, 0.05) is 6.42 Å². The molecular weight excluding hydrogens is 216 g/mol. The second-order valence-electron chi connectivity index (χ2n) is 3.92. The van der Waals surface area contributed by atoms with Crippen molar-refractivity contribution in [2.45, 2.75) is 32.6 Å². The summed E-state index contributed by atoms with van der Waals surface area (Å²) >= 11 is 0. The topological polar surface area (TPSA) is 64.3 Å². The summed E-state index contributed by atoms with van der Waals surface area (Å²) in [7, 11) is 1.66. The van der Waals surface area contributed by atoms with Crippen LogP contribution in [-0.4, -0.2) is 13.0 Å². The third-order valence-corrected chi connectivity index (χ3v) is 2.76. The van der Waals surface area contributed by atoms with Crippen LogP contribution < -0.4 is 16.0 Å². The molecule has 0 atom stereocenters. The van der Waals surface area contributed by atoms with E-state index >= 15 is 0 Å². The lowest BCUT2D eigenvalue weighted by Crippen LogP contribution is -2.29. The van der Waals surface area contributed by atoms with Crippen molar-refractivity contribution in [1.82, 2.24) is 5.43 Å². The van der Waals surface area contributed by atoms with Crippen LogP contribution in [0.2, 0.25) is 0 Å². The summed E-state index contributed by atoms with van der Waals surface area (Å²) in [6.07, 6.45) is 3.04. The van der Waals surface area contributed by atoms with Gasteiger partial charge in [-0.2, -0.15) is 0 Å². The van der Waals surface area contributed by atoms with E-state index in [1.165, 1.54) is 5.56 Å². The summed E-state index contributed by atoms with van der Waals surface area (Å²) in [4.78, 5) is 11.0. The monoisotopic (exact) mass is 236 g/mol. The number of aryl methyl sites for hydroxylation is 2. The van der Waals surface area contributed by atoms with Gasteiger partial charge in [0.1, 0.15) is 5.75 Å². The number of benzene rings is 1. The largest absolute Gasteiger partial charge is 0.496 e. The zero-order valence-corrected chi connectivity index (χ0v) is 10.5. The molecule has 0 bridgehead atoms. The summed E-state index contributed by atoms with van der Waals surface area (Å²) in [6, 6.07) is 6.19. The number of carbonyl (C=O) groups excluding carboxylic acids is 1. The van der Waals surface area contributed by atoms with Gasteiger partial charge in [-0.1, -0.05) is 19.1 Å². The van der Waals surface area contributed by atoms with Crippen LogP contribution in [0.1, 0.15) is 30.9 Å². The van der Waals surface area contributed by atoms with Gasteiger partial charge in [-0.25, -0.2) is 5.84 Å². The van der Waals surface area contributed by atoms with Gasteiger partial charge in [0.05, 0.1) is 7.11 Å². The number of hydrogen-bond acceptors (Lipinski definition) is 3. The summed E-state index contributed by atoms with van der Waals surface area (Å²) in [5.74, 6) is 5.78. The van der Waals surface area contributed by atoms with E-state index in [0.717, 1.165) is 30.6 Å². The molecule has 0 aromatic heterocycles. The van der Waals surface area contributed by atoms with Gasteiger partial charge in [0.15, 0.2) is 0 Å². The minimum absolute atomic E-state index is 0.129. The Kier molecular flexibility index (Phi) is 5.49. The molecule has 17 heavy (non-hydrogen) atoms. The number of amides is 1. The van der Waals surface area contributed by atoms with Gasteiger partial charge >= 0.3 is 0 Å². The van der Waals surface area contributed by atoms with Crippen LogP contribution in [-0.2, 0) is 17.6 Å². The maximum absolute atomic E-state index is 11.0. The molecule has 0 heterocycles. The molecule has 0 aliphatic rings. The van der Waals surface area contributed by atoms with E-state index in [4.69, 9.17) is 10.6 Å². The average molecular weight is 236 g/mol. The fourth-order valence-corrected chi connectivity index (χ4v) is 1.76. The van der Waals surface area contributed by atoms with Crippen molar-refractivity contribution < 1.29 is 9.53 Å².